The SMILES string of the molecule is Cc1cc(N2C[C@H]3C[C@H]2c2ccccc23)nc(N[C@H](C)CO)n1. The Labute approximate surface area is 136 Å². The topological polar surface area (TPSA) is 61.3 Å². The molecular formula is C18H22N4O. The predicted octanol–water partition coefficient (Wildman–Crippen LogP) is 2.63. The van der Waals surface area contributed by atoms with Gasteiger partial charge in [0.2, 0.25) is 5.95 Å². The van der Waals surface area contributed by atoms with Crippen LogP contribution >= 0.6 is 0 Å². The fourth-order valence-electron chi connectivity index (χ4n) is 3.83. The number of hydrogen-bond donors (Lipinski definition) is 2. The maximum absolute atomic E-state index is 9.21. The zero-order chi connectivity index (χ0) is 16.0. The van der Waals surface area contributed by atoms with Gasteiger partial charge < -0.3 is 15.3 Å². The largest absolute Gasteiger partial charge is 0.394 e. The fraction of sp³-hybridized carbons (Fsp3) is 0.444. The van der Waals surface area contributed by atoms with Crippen molar-refractivity contribution in [1.82, 2.24) is 9.97 Å². The first-order chi connectivity index (χ1) is 11.2. The lowest BCUT2D eigenvalue weighted by Crippen LogP contribution is -2.29. The summed E-state index contributed by atoms with van der Waals surface area (Å²) in [6, 6.07) is 11.2. The van der Waals surface area contributed by atoms with Gasteiger partial charge in [-0.25, -0.2) is 4.98 Å². The van der Waals surface area contributed by atoms with Crippen LogP contribution in [0.1, 0.15) is 42.1 Å². The van der Waals surface area contributed by atoms with Crippen LogP contribution in [0, 0.1) is 6.92 Å². The first kappa shape index (κ1) is 14.5. The van der Waals surface area contributed by atoms with Crippen molar-refractivity contribution in [3.8, 4) is 0 Å². The summed E-state index contributed by atoms with van der Waals surface area (Å²) in [5.74, 6) is 2.18. The third-order valence-corrected chi connectivity index (χ3v) is 4.88. The third-order valence-electron chi connectivity index (χ3n) is 4.88. The van der Waals surface area contributed by atoms with Crippen molar-refractivity contribution >= 4 is 11.8 Å². The number of fused-ring (bicyclic) bond motifs is 5. The second-order valence-corrected chi connectivity index (χ2v) is 6.65. The maximum atomic E-state index is 9.21. The van der Waals surface area contributed by atoms with Gasteiger partial charge >= 0.3 is 0 Å². The highest BCUT2D eigenvalue weighted by Crippen LogP contribution is 2.51. The van der Waals surface area contributed by atoms with Crippen molar-refractivity contribution in [3.63, 3.8) is 0 Å². The standard InChI is InChI=1S/C18H22N4O/c1-11-7-17(21-18(19-11)20-12(2)10-23)22-9-13-8-16(22)15-6-4-3-5-14(13)15/h3-7,12-13,16,23H,8-10H2,1-2H3,(H,19,20,21)/t12-,13-,16+/m1/s1. The molecule has 1 fully saturated rings. The highest BCUT2D eigenvalue weighted by atomic mass is 16.3. The van der Waals surface area contributed by atoms with Gasteiger partial charge in [0, 0.05) is 30.3 Å². The fourth-order valence-corrected chi connectivity index (χ4v) is 3.83. The second kappa shape index (κ2) is 5.49. The summed E-state index contributed by atoms with van der Waals surface area (Å²) in [6.45, 7) is 4.99. The lowest BCUT2D eigenvalue weighted by Gasteiger charge is -2.30. The molecule has 5 heteroatoms. The van der Waals surface area contributed by atoms with E-state index in [1.54, 1.807) is 0 Å². The van der Waals surface area contributed by atoms with E-state index in [2.05, 4.69) is 50.5 Å². The Morgan fingerprint density at radius 3 is 2.87 bits per heavy atom. The second-order valence-electron chi connectivity index (χ2n) is 6.65. The van der Waals surface area contributed by atoms with Crippen molar-refractivity contribution in [2.24, 2.45) is 0 Å². The first-order valence-electron chi connectivity index (χ1n) is 8.24. The summed E-state index contributed by atoms with van der Waals surface area (Å²) in [7, 11) is 0. The number of aliphatic hydroxyl groups excluding tert-OH is 1. The monoisotopic (exact) mass is 310 g/mol. The summed E-state index contributed by atoms with van der Waals surface area (Å²) in [5.41, 5.74) is 3.89. The van der Waals surface area contributed by atoms with E-state index in [-0.39, 0.29) is 12.6 Å². The van der Waals surface area contributed by atoms with Crippen LogP contribution in [0.25, 0.3) is 0 Å². The number of aliphatic hydroxyl groups is 1. The van der Waals surface area contributed by atoms with E-state index in [4.69, 9.17) is 0 Å². The van der Waals surface area contributed by atoms with Gasteiger partial charge in [-0.3, -0.25) is 0 Å². The highest BCUT2D eigenvalue weighted by molar-refractivity contribution is 5.55. The molecule has 2 bridgehead atoms. The number of nitrogens with one attached hydrogen (secondary N) is 1. The van der Waals surface area contributed by atoms with Gasteiger partial charge in [0.25, 0.3) is 0 Å². The Kier molecular flexibility index (Phi) is 3.45. The van der Waals surface area contributed by atoms with Crippen molar-refractivity contribution in [2.45, 2.75) is 38.3 Å². The molecule has 120 valence electrons. The van der Waals surface area contributed by atoms with E-state index in [1.807, 2.05) is 13.8 Å². The van der Waals surface area contributed by atoms with Crippen LogP contribution in [0.4, 0.5) is 11.8 Å². The smallest absolute Gasteiger partial charge is 0.225 e. The molecule has 2 heterocycles. The van der Waals surface area contributed by atoms with E-state index < -0.39 is 0 Å². The number of anilines is 2. The van der Waals surface area contributed by atoms with Gasteiger partial charge in [-0.2, -0.15) is 4.98 Å². The average Bonchev–Trinajstić information content (AvgIpc) is 3.14. The number of aromatic nitrogens is 2. The molecule has 3 atom stereocenters. The Balaban J connectivity index is 1.65. The third kappa shape index (κ3) is 2.45. The first-order valence-corrected chi connectivity index (χ1v) is 8.24. The Hall–Kier alpha value is -2.14. The Morgan fingerprint density at radius 2 is 2.09 bits per heavy atom. The van der Waals surface area contributed by atoms with Gasteiger partial charge in [-0.1, -0.05) is 24.3 Å². The van der Waals surface area contributed by atoms with E-state index in [0.29, 0.717) is 17.9 Å². The van der Waals surface area contributed by atoms with E-state index >= 15 is 0 Å². The number of nitrogens with zero attached hydrogens (tertiary/aromatic N) is 3. The molecule has 0 amide bonds. The van der Waals surface area contributed by atoms with Gasteiger partial charge in [0.1, 0.15) is 5.82 Å². The van der Waals surface area contributed by atoms with Crippen LogP contribution in [0.15, 0.2) is 30.3 Å². The van der Waals surface area contributed by atoms with Crippen molar-refractivity contribution in [3.05, 3.63) is 47.2 Å². The molecular weight excluding hydrogens is 288 g/mol. The molecule has 23 heavy (non-hydrogen) atoms. The summed E-state index contributed by atoms with van der Waals surface area (Å²) >= 11 is 0. The molecule has 2 aliphatic rings. The molecule has 1 aromatic carbocycles. The van der Waals surface area contributed by atoms with Crippen molar-refractivity contribution in [2.75, 3.05) is 23.4 Å². The van der Waals surface area contributed by atoms with Crippen molar-refractivity contribution < 1.29 is 5.11 Å². The minimum atomic E-state index is -0.0552. The van der Waals surface area contributed by atoms with Crippen LogP contribution in [0.2, 0.25) is 0 Å². The lowest BCUT2D eigenvalue weighted by atomic mass is 9.99. The molecule has 0 radical (unpaired) electrons. The van der Waals surface area contributed by atoms with Gasteiger partial charge in [-0.05, 0) is 31.4 Å². The van der Waals surface area contributed by atoms with Gasteiger partial charge in [0.05, 0.1) is 12.6 Å². The molecule has 1 saturated heterocycles. The van der Waals surface area contributed by atoms with Crippen LogP contribution in [-0.2, 0) is 0 Å². The minimum absolute atomic E-state index is 0.0552. The summed E-state index contributed by atoms with van der Waals surface area (Å²) < 4.78 is 0. The molecule has 2 aromatic rings. The van der Waals surface area contributed by atoms with E-state index in [9.17, 15) is 5.11 Å². The molecule has 2 N–H and O–H groups in total. The van der Waals surface area contributed by atoms with Crippen LogP contribution in [0.5, 0.6) is 0 Å². The summed E-state index contributed by atoms with van der Waals surface area (Å²) in [6.07, 6.45) is 1.18. The lowest BCUT2D eigenvalue weighted by molar-refractivity contribution is 0.281. The van der Waals surface area contributed by atoms with Crippen LogP contribution in [-0.4, -0.2) is 34.3 Å². The molecule has 1 aliphatic carbocycles. The predicted molar refractivity (Wildman–Crippen MR) is 90.8 cm³/mol. The van der Waals surface area contributed by atoms with Crippen LogP contribution < -0.4 is 10.2 Å². The average molecular weight is 310 g/mol. The molecule has 5 nitrogen and oxygen atoms in total. The molecule has 1 aromatic heterocycles. The number of hydrogen-bond acceptors (Lipinski definition) is 5. The molecule has 0 saturated carbocycles. The summed E-state index contributed by atoms with van der Waals surface area (Å²) in [5, 5.41) is 12.4. The van der Waals surface area contributed by atoms with E-state index in [1.165, 1.54) is 17.5 Å². The van der Waals surface area contributed by atoms with Crippen LogP contribution in [0.3, 0.4) is 0 Å². The molecule has 0 unspecified atom stereocenters. The zero-order valence-corrected chi connectivity index (χ0v) is 13.5. The molecule has 0 spiro atoms. The Bertz CT molecular complexity index is 733. The zero-order valence-electron chi connectivity index (χ0n) is 13.5. The normalized spacial score (nSPS) is 23.0. The maximum Gasteiger partial charge on any atom is 0.225 e. The van der Waals surface area contributed by atoms with Crippen molar-refractivity contribution in [1.29, 1.82) is 0 Å². The quantitative estimate of drug-likeness (QED) is 0.909. The van der Waals surface area contributed by atoms with Gasteiger partial charge in [0.15, 0.2) is 0 Å². The molecule has 1 aliphatic heterocycles. The Morgan fingerprint density at radius 1 is 1.30 bits per heavy atom. The number of benzene rings is 1. The number of rotatable bonds is 4. The van der Waals surface area contributed by atoms with Gasteiger partial charge in [-0.15, -0.1) is 0 Å². The summed E-state index contributed by atoms with van der Waals surface area (Å²) in [4.78, 5) is 11.5. The highest BCUT2D eigenvalue weighted by Gasteiger charge is 2.42. The molecule has 4 rings (SSSR count). The minimum Gasteiger partial charge on any atom is -0.394 e. The number of aryl methyl sites for hydroxylation is 1. The van der Waals surface area contributed by atoms with E-state index in [0.717, 1.165) is 18.1 Å².